The highest BCUT2D eigenvalue weighted by atomic mass is 79.9. The van der Waals surface area contributed by atoms with Crippen LogP contribution in [0, 0.1) is 0 Å². The van der Waals surface area contributed by atoms with Crippen molar-refractivity contribution in [1.82, 2.24) is 0 Å². The third-order valence-corrected chi connectivity index (χ3v) is 3.15. The van der Waals surface area contributed by atoms with E-state index in [9.17, 15) is 0 Å². The highest BCUT2D eigenvalue weighted by Gasteiger charge is 2.07. The van der Waals surface area contributed by atoms with E-state index in [1.165, 1.54) is 29.3 Å². The van der Waals surface area contributed by atoms with Crippen LogP contribution < -0.4 is 0 Å². The van der Waals surface area contributed by atoms with Gasteiger partial charge in [-0.1, -0.05) is 60.8 Å². The van der Waals surface area contributed by atoms with Crippen molar-refractivity contribution < 1.29 is 0 Å². The molecule has 0 radical (unpaired) electrons. The van der Waals surface area contributed by atoms with Crippen LogP contribution in [-0.4, -0.2) is 0 Å². The molecule has 13 heavy (non-hydrogen) atoms. The number of rotatable bonds is 4. The van der Waals surface area contributed by atoms with Gasteiger partial charge >= 0.3 is 0 Å². The van der Waals surface area contributed by atoms with E-state index >= 15 is 0 Å². The Morgan fingerprint density at radius 3 is 2.62 bits per heavy atom. The van der Waals surface area contributed by atoms with Crippen LogP contribution in [-0.2, 0) is 0 Å². The van der Waals surface area contributed by atoms with E-state index in [0.717, 1.165) is 0 Å². The van der Waals surface area contributed by atoms with Crippen LogP contribution in [0.4, 0.5) is 0 Å². The summed E-state index contributed by atoms with van der Waals surface area (Å²) in [7, 11) is 0. The summed E-state index contributed by atoms with van der Waals surface area (Å²) in [6.45, 7) is 4.54. The van der Waals surface area contributed by atoms with Crippen molar-refractivity contribution in [2.45, 2.75) is 39.0 Å². The topological polar surface area (TPSA) is 0 Å². The maximum absolute atomic E-state index is 3.59. The van der Waals surface area contributed by atoms with E-state index in [0.29, 0.717) is 5.92 Å². The van der Waals surface area contributed by atoms with Crippen molar-refractivity contribution in [3.05, 3.63) is 34.3 Å². The minimum Gasteiger partial charge on any atom is -0.0654 e. The normalized spacial score (nSPS) is 12.8. The Balaban J connectivity index is 2.65. The predicted octanol–water partition coefficient (Wildman–Crippen LogP) is 4.74. The van der Waals surface area contributed by atoms with Crippen LogP contribution in [0.5, 0.6) is 0 Å². The van der Waals surface area contributed by atoms with E-state index < -0.39 is 0 Å². The van der Waals surface area contributed by atoms with Gasteiger partial charge in [0, 0.05) is 4.47 Å². The Morgan fingerprint density at radius 2 is 2.00 bits per heavy atom. The summed E-state index contributed by atoms with van der Waals surface area (Å²) in [4.78, 5) is 0. The average molecular weight is 241 g/mol. The fourth-order valence-corrected chi connectivity index (χ4v) is 2.22. The summed E-state index contributed by atoms with van der Waals surface area (Å²) in [5, 5.41) is 0. The van der Waals surface area contributed by atoms with Gasteiger partial charge in [-0.15, -0.1) is 0 Å². The van der Waals surface area contributed by atoms with Gasteiger partial charge in [-0.25, -0.2) is 0 Å². The predicted molar refractivity (Wildman–Crippen MR) is 62.1 cm³/mol. The minimum atomic E-state index is 0.676. The zero-order chi connectivity index (χ0) is 9.68. The van der Waals surface area contributed by atoms with E-state index in [1.807, 2.05) is 0 Å². The molecule has 0 aliphatic heterocycles. The zero-order valence-corrected chi connectivity index (χ0v) is 9.97. The lowest BCUT2D eigenvalue weighted by molar-refractivity contribution is 0.622. The molecule has 0 N–H and O–H groups in total. The first-order valence-electron chi connectivity index (χ1n) is 5.00. The van der Waals surface area contributed by atoms with Crippen molar-refractivity contribution in [1.29, 1.82) is 0 Å². The van der Waals surface area contributed by atoms with Crippen molar-refractivity contribution in [2.24, 2.45) is 0 Å². The van der Waals surface area contributed by atoms with Gasteiger partial charge in [0.1, 0.15) is 0 Å². The Bertz CT molecular complexity index is 255. The molecule has 72 valence electrons. The van der Waals surface area contributed by atoms with Crippen molar-refractivity contribution in [3.8, 4) is 0 Å². The van der Waals surface area contributed by atoms with E-state index in [4.69, 9.17) is 0 Å². The Morgan fingerprint density at radius 1 is 1.31 bits per heavy atom. The molecule has 0 fully saturated rings. The molecular formula is C12H17Br. The molecule has 0 aliphatic carbocycles. The molecular weight excluding hydrogens is 224 g/mol. The molecule has 0 saturated carbocycles. The third kappa shape index (κ3) is 3.15. The lowest BCUT2D eigenvalue weighted by atomic mass is 9.96. The Kier molecular flexibility index (Phi) is 4.51. The fraction of sp³-hybridized carbons (Fsp3) is 0.500. The van der Waals surface area contributed by atoms with Crippen LogP contribution >= 0.6 is 15.9 Å². The van der Waals surface area contributed by atoms with Crippen molar-refractivity contribution in [2.75, 3.05) is 0 Å². The number of unbranched alkanes of at least 4 members (excludes halogenated alkanes) is 1. The molecule has 1 rings (SSSR count). The summed E-state index contributed by atoms with van der Waals surface area (Å²) in [6, 6.07) is 8.52. The number of benzene rings is 1. The molecule has 0 heterocycles. The molecule has 1 aromatic carbocycles. The van der Waals surface area contributed by atoms with Gasteiger partial charge in [0.25, 0.3) is 0 Å². The highest BCUT2D eigenvalue weighted by molar-refractivity contribution is 9.10. The Labute approximate surface area is 89.5 Å². The summed E-state index contributed by atoms with van der Waals surface area (Å²) in [5.74, 6) is 0.676. The average Bonchev–Trinajstić information content (AvgIpc) is 2.15. The third-order valence-electron chi connectivity index (χ3n) is 2.43. The molecule has 0 aliphatic rings. The van der Waals surface area contributed by atoms with Gasteiger partial charge in [0.2, 0.25) is 0 Å². The molecule has 1 atom stereocenters. The lowest BCUT2D eigenvalue weighted by Crippen LogP contribution is -1.94. The molecule has 0 spiro atoms. The SMILES string of the molecule is CCCCC(C)c1ccccc1Br. The van der Waals surface area contributed by atoms with Crippen LogP contribution in [0.25, 0.3) is 0 Å². The van der Waals surface area contributed by atoms with Gasteiger partial charge in [0.05, 0.1) is 0 Å². The van der Waals surface area contributed by atoms with Gasteiger partial charge in [-0.2, -0.15) is 0 Å². The summed E-state index contributed by atoms with van der Waals surface area (Å²) >= 11 is 3.59. The van der Waals surface area contributed by atoms with Crippen molar-refractivity contribution in [3.63, 3.8) is 0 Å². The maximum Gasteiger partial charge on any atom is 0.0210 e. The zero-order valence-electron chi connectivity index (χ0n) is 8.39. The van der Waals surface area contributed by atoms with Gasteiger partial charge < -0.3 is 0 Å². The van der Waals surface area contributed by atoms with E-state index in [1.54, 1.807) is 0 Å². The molecule has 1 unspecified atom stereocenters. The molecule has 1 aromatic rings. The fourth-order valence-electron chi connectivity index (χ4n) is 1.54. The summed E-state index contributed by atoms with van der Waals surface area (Å²) in [5.41, 5.74) is 1.44. The largest absolute Gasteiger partial charge is 0.0654 e. The molecule has 0 amide bonds. The molecule has 0 bridgehead atoms. The van der Waals surface area contributed by atoms with Gasteiger partial charge in [0.15, 0.2) is 0 Å². The maximum atomic E-state index is 3.59. The molecule has 1 heteroatoms. The first-order chi connectivity index (χ1) is 6.25. The van der Waals surface area contributed by atoms with Crippen LogP contribution in [0.3, 0.4) is 0 Å². The molecule has 0 aromatic heterocycles. The highest BCUT2D eigenvalue weighted by Crippen LogP contribution is 2.27. The number of hydrogen-bond acceptors (Lipinski definition) is 0. The first kappa shape index (κ1) is 10.8. The molecule has 0 saturated heterocycles. The monoisotopic (exact) mass is 240 g/mol. The lowest BCUT2D eigenvalue weighted by Gasteiger charge is -2.12. The second-order valence-corrected chi connectivity index (χ2v) is 4.42. The molecule has 0 nitrogen and oxygen atoms in total. The van der Waals surface area contributed by atoms with Crippen molar-refractivity contribution >= 4 is 15.9 Å². The van der Waals surface area contributed by atoms with E-state index in [-0.39, 0.29) is 0 Å². The van der Waals surface area contributed by atoms with Gasteiger partial charge in [-0.05, 0) is 24.0 Å². The summed E-state index contributed by atoms with van der Waals surface area (Å²) < 4.78 is 1.25. The van der Waals surface area contributed by atoms with Crippen LogP contribution in [0.2, 0.25) is 0 Å². The number of hydrogen-bond donors (Lipinski definition) is 0. The minimum absolute atomic E-state index is 0.676. The first-order valence-corrected chi connectivity index (χ1v) is 5.79. The van der Waals surface area contributed by atoms with Gasteiger partial charge in [-0.3, -0.25) is 0 Å². The summed E-state index contributed by atoms with van der Waals surface area (Å²) in [6.07, 6.45) is 3.90. The smallest absolute Gasteiger partial charge is 0.0210 e. The van der Waals surface area contributed by atoms with Crippen LogP contribution in [0.1, 0.15) is 44.6 Å². The second-order valence-electron chi connectivity index (χ2n) is 3.56. The van der Waals surface area contributed by atoms with Crippen LogP contribution in [0.15, 0.2) is 28.7 Å². The second kappa shape index (κ2) is 5.43. The number of halogens is 1. The quantitative estimate of drug-likeness (QED) is 0.714. The van der Waals surface area contributed by atoms with E-state index in [2.05, 4.69) is 54.0 Å². The Hall–Kier alpha value is -0.300. The standard InChI is InChI=1S/C12H17Br/c1-3-4-7-10(2)11-8-5-6-9-12(11)13/h5-6,8-10H,3-4,7H2,1-2H3.